The summed E-state index contributed by atoms with van der Waals surface area (Å²) >= 11 is 0. The van der Waals surface area contributed by atoms with E-state index in [0.717, 1.165) is 48.8 Å². The summed E-state index contributed by atoms with van der Waals surface area (Å²) in [7, 11) is -3.10. The lowest BCUT2D eigenvalue weighted by molar-refractivity contribution is -0.223. The van der Waals surface area contributed by atoms with Gasteiger partial charge in [-0.2, -0.15) is 5.53 Å². The van der Waals surface area contributed by atoms with E-state index in [9.17, 15) is 19.0 Å². The molecular weight excluding hydrogens is 509 g/mol. The van der Waals surface area contributed by atoms with E-state index in [1.807, 2.05) is 42.5 Å². The molecule has 206 valence electrons. The van der Waals surface area contributed by atoms with Gasteiger partial charge >= 0.3 is 0 Å². The summed E-state index contributed by atoms with van der Waals surface area (Å²) in [6, 6.07) is 15.9. The number of benzene rings is 2. The van der Waals surface area contributed by atoms with E-state index >= 15 is 0 Å². The number of phosphoric acid groups is 1. The molecule has 2 aliphatic heterocycles. The van der Waals surface area contributed by atoms with Crippen LogP contribution < -0.4 is 31.5 Å². The second-order valence-electron chi connectivity index (χ2n) is 9.33. The van der Waals surface area contributed by atoms with Crippen LogP contribution >= 0.6 is 7.82 Å². The van der Waals surface area contributed by atoms with Crippen molar-refractivity contribution in [2.45, 2.75) is 57.2 Å². The van der Waals surface area contributed by atoms with Crippen LogP contribution in [-0.2, 0) is 29.7 Å². The third kappa shape index (κ3) is 7.27. The number of amides is 2. The monoisotopic (exact) mass is 544 g/mol. The molecule has 2 amide bonds. The van der Waals surface area contributed by atoms with Gasteiger partial charge < -0.3 is 24.2 Å². The van der Waals surface area contributed by atoms with E-state index in [2.05, 4.69) is 36.8 Å². The summed E-state index contributed by atoms with van der Waals surface area (Å²) in [5, 5.41) is 2.87. The van der Waals surface area contributed by atoms with Crippen LogP contribution in [0.15, 0.2) is 48.5 Å². The van der Waals surface area contributed by atoms with Crippen LogP contribution in [0.5, 0.6) is 0 Å². The Morgan fingerprint density at radius 1 is 1.00 bits per heavy atom. The molecule has 3 atom stereocenters. The summed E-state index contributed by atoms with van der Waals surface area (Å²) < 4.78 is 20.0. The molecule has 0 spiro atoms. The molecule has 0 radical (unpaired) electrons. The summed E-state index contributed by atoms with van der Waals surface area (Å²) in [5.74, 6) is -0.271. The number of para-hydroxylation sites is 1. The van der Waals surface area contributed by atoms with E-state index in [0.29, 0.717) is 19.5 Å². The highest BCUT2D eigenvalue weighted by Crippen LogP contribution is 2.40. The molecule has 4 rings (SSSR count). The zero-order chi connectivity index (χ0) is 27.0. The van der Waals surface area contributed by atoms with Crippen molar-refractivity contribution in [2.24, 2.45) is 0 Å². The van der Waals surface area contributed by atoms with Crippen molar-refractivity contribution in [3.8, 4) is 0 Å². The van der Waals surface area contributed by atoms with Gasteiger partial charge in [0.15, 0.2) is 0 Å². The molecule has 0 aromatic heterocycles. The number of nitrogens with one attached hydrogen (secondary N) is 4. The Kier molecular flexibility index (Phi) is 10.0. The van der Waals surface area contributed by atoms with Gasteiger partial charge in [0.25, 0.3) is 7.82 Å². The number of anilines is 1. The number of unbranched alkanes of at least 4 members (excludes halogenated alkanes) is 3. The van der Waals surface area contributed by atoms with Crippen molar-refractivity contribution in [3.63, 3.8) is 0 Å². The molecule has 0 saturated carbocycles. The smallest absolute Gasteiger partial charge is 0.267 e. The maximum absolute atomic E-state index is 13.4. The van der Waals surface area contributed by atoms with Gasteiger partial charge in [-0.3, -0.25) is 14.2 Å². The Balaban J connectivity index is 1.28. The normalized spacial score (nSPS) is 19.9. The topological polar surface area (TPSA) is 144 Å². The number of fused-ring (bicyclic) bond motifs is 5. The van der Waals surface area contributed by atoms with Crippen LogP contribution in [-0.4, -0.2) is 32.1 Å². The van der Waals surface area contributed by atoms with E-state index in [4.69, 9.17) is 0 Å². The highest BCUT2D eigenvalue weighted by Gasteiger charge is 2.36. The van der Waals surface area contributed by atoms with Gasteiger partial charge in [0.2, 0.25) is 11.8 Å². The van der Waals surface area contributed by atoms with Gasteiger partial charge in [0.05, 0.1) is 25.2 Å². The molecule has 2 aromatic carbocycles. The van der Waals surface area contributed by atoms with E-state index < -0.39 is 7.82 Å². The standard InChI is InChI=1S/C26H36N5O6P/c1-36-38(34,35)37-17-9-3-2-8-16-27-23(32)14-15-24(33)31-18-19-10-4-5-11-20(19)25-26(29-30-28-25)21-12-6-7-13-22(21)31/h4-7,10-13,25-26,28-30H,2-3,8-9,14-18H2,1H3,(H,27,32)(H,34,35)/p-1. The molecule has 3 unspecified atom stereocenters. The van der Waals surface area contributed by atoms with E-state index in [-0.39, 0.29) is 43.3 Å². The van der Waals surface area contributed by atoms with E-state index in [1.54, 1.807) is 4.90 Å². The average molecular weight is 545 g/mol. The quantitative estimate of drug-likeness (QED) is 0.234. The fourth-order valence-electron chi connectivity index (χ4n) is 4.82. The molecule has 0 bridgehead atoms. The highest BCUT2D eigenvalue weighted by molar-refractivity contribution is 7.45. The van der Waals surface area contributed by atoms with Gasteiger partial charge in [-0.25, -0.2) is 10.9 Å². The minimum Gasteiger partial charge on any atom is -0.756 e. The molecule has 4 N–H and O–H groups in total. The minimum absolute atomic E-state index is 0.0154. The number of hydrogen-bond donors (Lipinski definition) is 4. The Labute approximate surface area is 222 Å². The first-order valence-corrected chi connectivity index (χ1v) is 14.4. The fourth-order valence-corrected chi connectivity index (χ4v) is 5.27. The zero-order valence-corrected chi connectivity index (χ0v) is 22.4. The van der Waals surface area contributed by atoms with Crippen molar-refractivity contribution in [1.29, 1.82) is 0 Å². The predicted octanol–water partition coefficient (Wildman–Crippen LogP) is 2.52. The zero-order valence-electron chi connectivity index (χ0n) is 21.5. The van der Waals surface area contributed by atoms with Gasteiger partial charge in [-0.15, -0.1) is 0 Å². The second-order valence-corrected chi connectivity index (χ2v) is 10.9. The van der Waals surface area contributed by atoms with E-state index in [1.165, 1.54) is 0 Å². The molecule has 2 heterocycles. The van der Waals surface area contributed by atoms with Crippen molar-refractivity contribution < 1.29 is 28.1 Å². The van der Waals surface area contributed by atoms with Crippen molar-refractivity contribution in [2.75, 3.05) is 25.2 Å². The molecular formula is C26H35N5O6P-. The number of carbonyl (C=O) groups is 2. The molecule has 0 aliphatic carbocycles. The van der Waals surface area contributed by atoms with Crippen LogP contribution in [0.2, 0.25) is 0 Å². The van der Waals surface area contributed by atoms with Crippen LogP contribution in [0.25, 0.3) is 0 Å². The molecule has 1 fully saturated rings. The Bertz CT molecular complexity index is 1160. The Hall–Kier alpha value is -2.63. The number of hydrogen-bond acceptors (Lipinski definition) is 9. The first-order valence-electron chi connectivity index (χ1n) is 12.9. The lowest BCUT2D eigenvalue weighted by atomic mass is 9.88. The first kappa shape index (κ1) is 28.4. The third-order valence-corrected chi connectivity index (χ3v) is 7.75. The SMILES string of the molecule is COP(=O)([O-])OCCCCCCNC(=O)CCC(=O)N1Cc2ccccc2C2NNNC2c2ccccc21. The number of nitrogens with zero attached hydrogens (tertiary/aromatic N) is 1. The third-order valence-electron chi connectivity index (χ3n) is 6.80. The molecule has 2 aliphatic rings. The van der Waals surface area contributed by atoms with Gasteiger partial charge in [-0.1, -0.05) is 55.3 Å². The van der Waals surface area contributed by atoms with Crippen molar-refractivity contribution in [1.82, 2.24) is 21.7 Å². The number of hydrazine groups is 2. The molecule has 2 aromatic rings. The Morgan fingerprint density at radius 3 is 2.47 bits per heavy atom. The number of carbonyl (C=O) groups excluding carboxylic acids is 2. The number of phosphoric ester groups is 1. The highest BCUT2D eigenvalue weighted by atomic mass is 31.2. The van der Waals surface area contributed by atoms with Crippen LogP contribution in [0, 0.1) is 0 Å². The molecule has 11 nitrogen and oxygen atoms in total. The van der Waals surface area contributed by atoms with Gasteiger partial charge in [0.1, 0.15) is 0 Å². The van der Waals surface area contributed by atoms with Crippen molar-refractivity contribution >= 4 is 25.3 Å². The van der Waals surface area contributed by atoms with Crippen LogP contribution in [0.3, 0.4) is 0 Å². The van der Waals surface area contributed by atoms with Gasteiger partial charge in [-0.05, 0) is 35.6 Å². The molecule has 1 saturated heterocycles. The van der Waals surface area contributed by atoms with Crippen LogP contribution in [0.1, 0.15) is 67.3 Å². The first-order chi connectivity index (χ1) is 18.4. The lowest BCUT2D eigenvalue weighted by Crippen LogP contribution is -2.36. The summed E-state index contributed by atoms with van der Waals surface area (Å²) in [6.07, 6.45) is 3.15. The molecule has 38 heavy (non-hydrogen) atoms. The number of rotatable bonds is 12. The molecule has 12 heteroatoms. The predicted molar refractivity (Wildman–Crippen MR) is 140 cm³/mol. The average Bonchev–Trinajstić information content (AvgIpc) is 3.40. The Morgan fingerprint density at radius 2 is 1.68 bits per heavy atom. The second kappa shape index (κ2) is 13.4. The summed E-state index contributed by atoms with van der Waals surface area (Å²) in [5.41, 5.74) is 13.6. The lowest BCUT2D eigenvalue weighted by Gasteiger charge is -2.33. The fraction of sp³-hybridized carbons (Fsp3) is 0.462. The maximum atomic E-state index is 13.4. The minimum atomic E-state index is -4.16. The summed E-state index contributed by atoms with van der Waals surface area (Å²) in [6.45, 7) is 1.01. The largest absolute Gasteiger partial charge is 0.756 e. The summed E-state index contributed by atoms with van der Waals surface area (Å²) in [4.78, 5) is 38.7. The van der Waals surface area contributed by atoms with Gasteiger partial charge in [0, 0.05) is 32.2 Å². The maximum Gasteiger partial charge on any atom is 0.267 e. The van der Waals surface area contributed by atoms with Crippen LogP contribution in [0.4, 0.5) is 5.69 Å². The van der Waals surface area contributed by atoms with Crippen molar-refractivity contribution in [3.05, 3.63) is 65.2 Å².